The fraction of sp³-hybridized carbons (Fsp3) is 0.375. The average molecular weight is 269 g/mol. The lowest BCUT2D eigenvalue weighted by Gasteiger charge is -2.20. The molecule has 4 heteroatoms. The standard InChI is InChI=1S/C16H19N3O/c1-11(2)16-17-7-15(14(10-20)18-16)19-8-12-5-3-4-6-13(12)9-19/h3-7,11,20H,8-10H2,1-2H3. The first-order chi connectivity index (χ1) is 9.69. The van der Waals surface area contributed by atoms with Crippen molar-refractivity contribution in [2.24, 2.45) is 0 Å². The molecule has 2 heterocycles. The summed E-state index contributed by atoms with van der Waals surface area (Å²) in [5.74, 6) is 1.06. The number of hydrogen-bond acceptors (Lipinski definition) is 4. The second-order valence-corrected chi connectivity index (χ2v) is 5.50. The summed E-state index contributed by atoms with van der Waals surface area (Å²) in [6.07, 6.45) is 1.85. The molecule has 0 saturated carbocycles. The van der Waals surface area contributed by atoms with E-state index in [9.17, 15) is 5.11 Å². The van der Waals surface area contributed by atoms with Crippen molar-refractivity contribution in [1.29, 1.82) is 0 Å². The lowest BCUT2D eigenvalue weighted by atomic mass is 10.1. The number of aliphatic hydroxyl groups is 1. The van der Waals surface area contributed by atoms with Gasteiger partial charge < -0.3 is 10.0 Å². The van der Waals surface area contributed by atoms with E-state index < -0.39 is 0 Å². The highest BCUT2D eigenvalue weighted by Gasteiger charge is 2.22. The summed E-state index contributed by atoms with van der Waals surface area (Å²) in [6, 6.07) is 8.43. The lowest BCUT2D eigenvalue weighted by molar-refractivity contribution is 0.276. The maximum atomic E-state index is 9.59. The molecule has 0 unspecified atom stereocenters. The van der Waals surface area contributed by atoms with Gasteiger partial charge in [0, 0.05) is 19.0 Å². The summed E-state index contributed by atoms with van der Waals surface area (Å²) in [5.41, 5.74) is 4.33. The molecule has 104 valence electrons. The van der Waals surface area contributed by atoms with Crippen LogP contribution in [0.4, 0.5) is 5.69 Å². The Balaban J connectivity index is 1.92. The fourth-order valence-electron chi connectivity index (χ4n) is 2.59. The Morgan fingerprint density at radius 1 is 1.20 bits per heavy atom. The zero-order valence-electron chi connectivity index (χ0n) is 11.9. The van der Waals surface area contributed by atoms with Gasteiger partial charge >= 0.3 is 0 Å². The van der Waals surface area contributed by atoms with Gasteiger partial charge in [-0.25, -0.2) is 9.97 Å². The van der Waals surface area contributed by atoms with Crippen LogP contribution in [0.5, 0.6) is 0 Å². The number of anilines is 1. The van der Waals surface area contributed by atoms with Gasteiger partial charge in [0.25, 0.3) is 0 Å². The van der Waals surface area contributed by atoms with Crippen LogP contribution < -0.4 is 4.90 Å². The van der Waals surface area contributed by atoms with Crippen LogP contribution in [0, 0.1) is 0 Å². The summed E-state index contributed by atoms with van der Waals surface area (Å²) >= 11 is 0. The highest BCUT2D eigenvalue weighted by molar-refractivity contribution is 5.53. The summed E-state index contributed by atoms with van der Waals surface area (Å²) in [6.45, 7) is 5.77. The molecule has 0 amide bonds. The third-order valence-electron chi connectivity index (χ3n) is 3.71. The van der Waals surface area contributed by atoms with Crippen LogP contribution in [0.2, 0.25) is 0 Å². The molecule has 1 aliphatic heterocycles. The van der Waals surface area contributed by atoms with E-state index in [1.807, 2.05) is 6.20 Å². The highest BCUT2D eigenvalue weighted by Crippen LogP contribution is 2.30. The number of rotatable bonds is 3. The molecule has 1 N–H and O–H groups in total. The molecule has 1 aromatic heterocycles. The van der Waals surface area contributed by atoms with E-state index in [0.29, 0.717) is 0 Å². The molecule has 0 atom stereocenters. The van der Waals surface area contributed by atoms with Crippen molar-refractivity contribution in [2.45, 2.75) is 39.5 Å². The minimum absolute atomic E-state index is 0.0512. The molecule has 3 rings (SSSR count). The molecular weight excluding hydrogens is 250 g/mol. The molecule has 0 spiro atoms. The van der Waals surface area contributed by atoms with Crippen LogP contribution in [0.1, 0.15) is 42.4 Å². The molecule has 0 aliphatic carbocycles. The highest BCUT2D eigenvalue weighted by atomic mass is 16.3. The topological polar surface area (TPSA) is 49.2 Å². The Hall–Kier alpha value is -1.94. The molecule has 0 fully saturated rings. The van der Waals surface area contributed by atoms with E-state index in [-0.39, 0.29) is 12.5 Å². The van der Waals surface area contributed by atoms with Crippen LogP contribution in [0.15, 0.2) is 30.5 Å². The number of benzene rings is 1. The molecule has 0 bridgehead atoms. The largest absolute Gasteiger partial charge is 0.390 e. The summed E-state index contributed by atoms with van der Waals surface area (Å²) < 4.78 is 0. The van der Waals surface area contributed by atoms with Crippen molar-refractivity contribution in [3.05, 3.63) is 53.1 Å². The van der Waals surface area contributed by atoms with Gasteiger partial charge in [0.05, 0.1) is 24.2 Å². The van der Waals surface area contributed by atoms with Crippen LogP contribution in [-0.4, -0.2) is 15.1 Å². The van der Waals surface area contributed by atoms with Gasteiger partial charge in [0.1, 0.15) is 5.82 Å². The van der Waals surface area contributed by atoms with Gasteiger partial charge in [-0.2, -0.15) is 0 Å². The van der Waals surface area contributed by atoms with Gasteiger partial charge in [-0.3, -0.25) is 0 Å². The van der Waals surface area contributed by atoms with Crippen LogP contribution in [-0.2, 0) is 19.7 Å². The average Bonchev–Trinajstić information content (AvgIpc) is 2.90. The van der Waals surface area contributed by atoms with Crippen LogP contribution in [0.25, 0.3) is 0 Å². The van der Waals surface area contributed by atoms with E-state index in [4.69, 9.17) is 0 Å². The zero-order chi connectivity index (χ0) is 14.1. The molecule has 4 nitrogen and oxygen atoms in total. The predicted molar refractivity (Wildman–Crippen MR) is 78.4 cm³/mol. The second kappa shape index (κ2) is 5.21. The number of fused-ring (bicyclic) bond motifs is 1. The molecule has 0 saturated heterocycles. The number of aliphatic hydroxyl groups excluding tert-OH is 1. The number of hydrogen-bond donors (Lipinski definition) is 1. The van der Waals surface area contributed by atoms with Gasteiger partial charge in [-0.1, -0.05) is 38.1 Å². The Morgan fingerprint density at radius 3 is 2.40 bits per heavy atom. The summed E-state index contributed by atoms with van der Waals surface area (Å²) in [7, 11) is 0. The van der Waals surface area contributed by atoms with Crippen LogP contribution in [0.3, 0.4) is 0 Å². The fourth-order valence-corrected chi connectivity index (χ4v) is 2.59. The van der Waals surface area contributed by atoms with E-state index in [2.05, 4.69) is 53.0 Å². The van der Waals surface area contributed by atoms with E-state index >= 15 is 0 Å². The quantitative estimate of drug-likeness (QED) is 0.930. The first-order valence-corrected chi connectivity index (χ1v) is 6.97. The first-order valence-electron chi connectivity index (χ1n) is 6.97. The van der Waals surface area contributed by atoms with Gasteiger partial charge in [-0.15, -0.1) is 0 Å². The van der Waals surface area contributed by atoms with E-state index in [1.54, 1.807) is 0 Å². The molecule has 1 aromatic carbocycles. The normalized spacial score (nSPS) is 13.9. The van der Waals surface area contributed by atoms with Gasteiger partial charge in [-0.05, 0) is 11.1 Å². The number of aromatic nitrogens is 2. The molecule has 0 radical (unpaired) electrons. The van der Waals surface area contributed by atoms with E-state index in [1.165, 1.54) is 11.1 Å². The van der Waals surface area contributed by atoms with Crippen molar-refractivity contribution in [1.82, 2.24) is 9.97 Å². The Kier molecular flexibility index (Phi) is 3.40. The third kappa shape index (κ3) is 2.27. The maximum Gasteiger partial charge on any atom is 0.131 e. The molecule has 20 heavy (non-hydrogen) atoms. The van der Waals surface area contributed by atoms with Gasteiger partial charge in [0.15, 0.2) is 0 Å². The minimum atomic E-state index is -0.0512. The first kappa shape index (κ1) is 13.1. The Labute approximate surface area is 119 Å². The summed E-state index contributed by atoms with van der Waals surface area (Å²) in [5, 5.41) is 9.59. The van der Waals surface area contributed by atoms with Crippen molar-refractivity contribution in [2.75, 3.05) is 4.90 Å². The predicted octanol–water partition coefficient (Wildman–Crippen LogP) is 2.61. The monoisotopic (exact) mass is 269 g/mol. The van der Waals surface area contributed by atoms with E-state index in [0.717, 1.165) is 30.3 Å². The van der Waals surface area contributed by atoms with Crippen molar-refractivity contribution in [3.63, 3.8) is 0 Å². The van der Waals surface area contributed by atoms with Crippen LogP contribution >= 0.6 is 0 Å². The van der Waals surface area contributed by atoms with Gasteiger partial charge in [0.2, 0.25) is 0 Å². The Morgan fingerprint density at radius 2 is 1.85 bits per heavy atom. The molecular formula is C16H19N3O. The smallest absolute Gasteiger partial charge is 0.131 e. The third-order valence-corrected chi connectivity index (χ3v) is 3.71. The van der Waals surface area contributed by atoms with Crippen molar-refractivity contribution in [3.8, 4) is 0 Å². The summed E-state index contributed by atoms with van der Waals surface area (Å²) in [4.78, 5) is 11.1. The SMILES string of the molecule is CC(C)c1ncc(N2Cc3ccccc3C2)c(CO)n1. The number of nitrogens with zero attached hydrogens (tertiary/aromatic N) is 3. The Bertz CT molecular complexity index is 600. The van der Waals surface area contributed by atoms with Crippen molar-refractivity contribution >= 4 is 5.69 Å². The molecule has 2 aromatic rings. The zero-order valence-corrected chi connectivity index (χ0v) is 11.9. The minimum Gasteiger partial charge on any atom is -0.390 e. The lowest BCUT2D eigenvalue weighted by Crippen LogP contribution is -2.18. The molecule has 1 aliphatic rings. The second-order valence-electron chi connectivity index (χ2n) is 5.50. The maximum absolute atomic E-state index is 9.59. The van der Waals surface area contributed by atoms with Crippen molar-refractivity contribution < 1.29 is 5.11 Å².